The summed E-state index contributed by atoms with van der Waals surface area (Å²) in [6.45, 7) is 6.28. The van der Waals surface area contributed by atoms with Gasteiger partial charge in [-0.15, -0.1) is 0 Å². The van der Waals surface area contributed by atoms with Crippen LogP contribution in [0.2, 0.25) is 0 Å². The molecule has 1 aliphatic rings. The molecule has 0 spiro atoms. The molecule has 0 radical (unpaired) electrons. The van der Waals surface area contributed by atoms with Crippen molar-refractivity contribution in [3.63, 3.8) is 0 Å². The van der Waals surface area contributed by atoms with E-state index in [0.29, 0.717) is 3.57 Å². The highest BCUT2D eigenvalue weighted by Gasteiger charge is 2.48. The summed E-state index contributed by atoms with van der Waals surface area (Å²) in [5, 5.41) is 2.43. The number of amides is 1. The first kappa shape index (κ1) is 24.1. The highest BCUT2D eigenvalue weighted by Crippen LogP contribution is 2.33. The molecule has 1 amide bonds. The molecule has 0 aliphatic carbocycles. The molecule has 0 bridgehead atoms. The van der Waals surface area contributed by atoms with Crippen LogP contribution in [0.5, 0.6) is 0 Å². The minimum atomic E-state index is -1.06. The molecule has 2 heterocycles. The van der Waals surface area contributed by atoms with Crippen molar-refractivity contribution in [1.82, 2.24) is 9.55 Å². The summed E-state index contributed by atoms with van der Waals surface area (Å²) in [5.41, 5.74) is -0.753. The number of nitrogens with zero attached hydrogens (tertiary/aromatic N) is 2. The number of esters is 2. The number of hydrogen-bond donors (Lipinski definition) is 1. The predicted molar refractivity (Wildman–Crippen MR) is 112 cm³/mol. The monoisotopic (exact) mass is 537 g/mol. The van der Waals surface area contributed by atoms with Crippen molar-refractivity contribution < 1.29 is 33.3 Å². The summed E-state index contributed by atoms with van der Waals surface area (Å²) in [6.07, 6.45) is -1.37. The molecule has 1 fully saturated rings. The summed E-state index contributed by atoms with van der Waals surface area (Å²) in [7, 11) is 0. The van der Waals surface area contributed by atoms with Gasteiger partial charge in [0.25, 0.3) is 0 Å². The van der Waals surface area contributed by atoms with E-state index in [1.54, 1.807) is 6.92 Å². The highest BCUT2D eigenvalue weighted by molar-refractivity contribution is 14.1. The number of halogens is 1. The number of anilines is 1. The Labute approximate surface area is 186 Å². The lowest BCUT2D eigenvalue weighted by Crippen LogP contribution is -2.40. The number of unbranched alkanes of at least 4 members (excludes halogenated alkanes) is 1. The number of hydrogen-bond acceptors (Lipinski definition) is 9. The summed E-state index contributed by atoms with van der Waals surface area (Å²) in [4.78, 5) is 51.3. The van der Waals surface area contributed by atoms with Gasteiger partial charge in [0.05, 0.1) is 16.3 Å². The zero-order valence-electron chi connectivity index (χ0n) is 17.0. The SMILES string of the molecule is CCCCOC(=O)Nc1nc(=O)n([C@@H]2O[C@H](C)[C@@H](OC(C)=O)[C@H]2OC(C)=O)cc1I. The first-order chi connectivity index (χ1) is 14.1. The fraction of sp³-hybridized carbons (Fsp3) is 0.611. The largest absolute Gasteiger partial charge is 0.456 e. The molecule has 166 valence electrons. The second kappa shape index (κ2) is 10.7. The number of rotatable bonds is 7. The molecule has 12 heteroatoms. The maximum atomic E-state index is 12.6. The van der Waals surface area contributed by atoms with Crippen molar-refractivity contribution in [2.24, 2.45) is 0 Å². The van der Waals surface area contributed by atoms with Crippen LogP contribution >= 0.6 is 22.6 Å². The van der Waals surface area contributed by atoms with Crippen LogP contribution in [-0.2, 0) is 28.5 Å². The second-order valence-corrected chi connectivity index (χ2v) is 7.78. The lowest BCUT2D eigenvalue weighted by atomic mass is 10.1. The topological polar surface area (TPSA) is 135 Å². The molecular weight excluding hydrogens is 513 g/mol. The lowest BCUT2D eigenvalue weighted by molar-refractivity contribution is -0.165. The molecule has 1 aromatic rings. The van der Waals surface area contributed by atoms with Crippen molar-refractivity contribution >= 4 is 46.4 Å². The molecule has 11 nitrogen and oxygen atoms in total. The molecule has 0 saturated carbocycles. The van der Waals surface area contributed by atoms with Crippen molar-refractivity contribution in [1.29, 1.82) is 0 Å². The molecule has 0 unspecified atom stereocenters. The number of carbonyl (C=O) groups is 3. The van der Waals surface area contributed by atoms with E-state index in [9.17, 15) is 19.2 Å². The molecule has 1 N–H and O–H groups in total. The van der Waals surface area contributed by atoms with E-state index in [2.05, 4.69) is 10.3 Å². The van der Waals surface area contributed by atoms with Crippen LogP contribution < -0.4 is 11.0 Å². The van der Waals surface area contributed by atoms with Crippen LogP contribution in [0.1, 0.15) is 46.8 Å². The predicted octanol–water partition coefficient (Wildman–Crippen LogP) is 1.98. The van der Waals surface area contributed by atoms with Crippen molar-refractivity contribution in [3.8, 4) is 0 Å². The number of carbonyl (C=O) groups excluding carboxylic acids is 3. The Kier molecular flexibility index (Phi) is 8.58. The van der Waals surface area contributed by atoms with Gasteiger partial charge in [0.2, 0.25) is 0 Å². The molecule has 30 heavy (non-hydrogen) atoms. The van der Waals surface area contributed by atoms with Gasteiger partial charge in [0.1, 0.15) is 0 Å². The molecule has 2 rings (SSSR count). The van der Waals surface area contributed by atoms with Gasteiger partial charge in [-0.1, -0.05) is 13.3 Å². The summed E-state index contributed by atoms with van der Waals surface area (Å²) in [6, 6.07) is 0. The van der Waals surface area contributed by atoms with Crippen LogP contribution in [0.4, 0.5) is 10.6 Å². The minimum absolute atomic E-state index is 0.0324. The summed E-state index contributed by atoms with van der Waals surface area (Å²) >= 11 is 1.89. The Morgan fingerprint density at radius 3 is 2.47 bits per heavy atom. The molecule has 1 aromatic heterocycles. The van der Waals surface area contributed by atoms with E-state index >= 15 is 0 Å². The van der Waals surface area contributed by atoms with E-state index in [1.807, 2.05) is 29.5 Å². The molecule has 4 atom stereocenters. The fourth-order valence-electron chi connectivity index (χ4n) is 2.86. The maximum Gasteiger partial charge on any atom is 0.412 e. The molecule has 0 aromatic carbocycles. The third-order valence-electron chi connectivity index (χ3n) is 4.16. The summed E-state index contributed by atoms with van der Waals surface area (Å²) < 4.78 is 22.8. The quantitative estimate of drug-likeness (QED) is 0.240. The minimum Gasteiger partial charge on any atom is -0.456 e. The average Bonchev–Trinajstić information content (AvgIpc) is 2.93. The van der Waals surface area contributed by atoms with E-state index in [0.717, 1.165) is 17.4 Å². The highest BCUT2D eigenvalue weighted by atomic mass is 127. The maximum absolute atomic E-state index is 12.6. The van der Waals surface area contributed by atoms with Gasteiger partial charge in [0, 0.05) is 20.0 Å². The van der Waals surface area contributed by atoms with Crippen molar-refractivity contribution in [3.05, 3.63) is 20.3 Å². The zero-order chi connectivity index (χ0) is 22.4. The second-order valence-electron chi connectivity index (χ2n) is 6.62. The third kappa shape index (κ3) is 6.14. The summed E-state index contributed by atoms with van der Waals surface area (Å²) in [5.74, 6) is -1.16. The Bertz CT molecular complexity index is 858. The van der Waals surface area contributed by atoms with Gasteiger partial charge < -0.3 is 18.9 Å². The normalized spacial score (nSPS) is 23.0. The molecular formula is C18H24IN3O8. The van der Waals surface area contributed by atoms with Crippen LogP contribution in [-0.4, -0.2) is 52.5 Å². The van der Waals surface area contributed by atoms with Gasteiger partial charge in [0.15, 0.2) is 24.3 Å². The van der Waals surface area contributed by atoms with E-state index in [4.69, 9.17) is 18.9 Å². The van der Waals surface area contributed by atoms with E-state index < -0.39 is 48.3 Å². The number of aromatic nitrogens is 2. The van der Waals surface area contributed by atoms with Gasteiger partial charge in [-0.05, 0) is 35.9 Å². The third-order valence-corrected chi connectivity index (χ3v) is 4.95. The van der Waals surface area contributed by atoms with Crippen LogP contribution in [0.3, 0.4) is 0 Å². The zero-order valence-corrected chi connectivity index (χ0v) is 19.2. The van der Waals surface area contributed by atoms with Crippen LogP contribution in [0.15, 0.2) is 11.0 Å². The van der Waals surface area contributed by atoms with E-state index in [-0.39, 0.29) is 12.4 Å². The lowest BCUT2D eigenvalue weighted by Gasteiger charge is -2.23. The van der Waals surface area contributed by atoms with Gasteiger partial charge in [-0.2, -0.15) is 4.98 Å². The van der Waals surface area contributed by atoms with Gasteiger partial charge >= 0.3 is 23.7 Å². The van der Waals surface area contributed by atoms with Crippen LogP contribution in [0, 0.1) is 3.57 Å². The fourth-order valence-corrected chi connectivity index (χ4v) is 3.41. The molecule has 1 saturated heterocycles. The first-order valence-corrected chi connectivity index (χ1v) is 10.4. The number of nitrogens with one attached hydrogen (secondary N) is 1. The van der Waals surface area contributed by atoms with Crippen molar-refractivity contribution in [2.75, 3.05) is 11.9 Å². The Morgan fingerprint density at radius 2 is 1.87 bits per heavy atom. The standard InChI is InChI=1S/C18H24IN3O8/c1-5-6-7-27-18(26)21-15-12(19)8-22(17(25)20-15)16-14(30-11(4)24)13(9(2)28-16)29-10(3)23/h8-9,13-14,16H,5-7H2,1-4H3,(H,20,21,25,26)/t9-,13-,14-,16-/m1/s1. The van der Waals surface area contributed by atoms with E-state index in [1.165, 1.54) is 20.0 Å². The Morgan fingerprint density at radius 1 is 1.23 bits per heavy atom. The average molecular weight is 537 g/mol. The Balaban J connectivity index is 2.28. The van der Waals surface area contributed by atoms with Crippen LogP contribution in [0.25, 0.3) is 0 Å². The number of ether oxygens (including phenoxy) is 4. The van der Waals surface area contributed by atoms with Gasteiger partial charge in [-0.25, -0.2) is 9.59 Å². The smallest absolute Gasteiger partial charge is 0.412 e. The van der Waals surface area contributed by atoms with Crippen molar-refractivity contribution in [2.45, 2.75) is 65.1 Å². The Hall–Kier alpha value is -2.22. The van der Waals surface area contributed by atoms with Gasteiger partial charge in [-0.3, -0.25) is 19.5 Å². The first-order valence-electron chi connectivity index (χ1n) is 9.36. The molecule has 1 aliphatic heterocycles.